The maximum atomic E-state index is 4.01. The van der Waals surface area contributed by atoms with Gasteiger partial charge in [0.2, 0.25) is 0 Å². The Morgan fingerprint density at radius 3 is 2.76 bits per heavy atom. The van der Waals surface area contributed by atoms with Crippen LogP contribution in [0.25, 0.3) is 0 Å². The van der Waals surface area contributed by atoms with E-state index in [-0.39, 0.29) is 0 Å². The van der Waals surface area contributed by atoms with Gasteiger partial charge >= 0.3 is 0 Å². The van der Waals surface area contributed by atoms with Crippen molar-refractivity contribution in [3.8, 4) is 0 Å². The molecule has 0 radical (unpaired) electrons. The molecule has 98 valence electrons. The third kappa shape index (κ3) is 3.33. The average Bonchev–Trinajstić information content (AvgIpc) is 2.27. The van der Waals surface area contributed by atoms with Crippen molar-refractivity contribution in [2.24, 2.45) is 5.92 Å². The second-order valence-electron chi connectivity index (χ2n) is 5.90. The first-order chi connectivity index (χ1) is 8.08. The van der Waals surface area contributed by atoms with Gasteiger partial charge in [-0.3, -0.25) is 9.80 Å². The predicted octanol–water partition coefficient (Wildman–Crippen LogP) is 3.09. The minimum atomic E-state index is 0.693. The van der Waals surface area contributed by atoms with Gasteiger partial charge in [-0.2, -0.15) is 0 Å². The summed E-state index contributed by atoms with van der Waals surface area (Å²) in [5.74, 6) is 0.727. The van der Waals surface area contributed by atoms with E-state index in [0.717, 1.165) is 23.0 Å². The molecule has 2 saturated heterocycles. The normalized spacial score (nSPS) is 31.5. The minimum Gasteiger partial charge on any atom is -0.298 e. The van der Waals surface area contributed by atoms with Gasteiger partial charge in [-0.05, 0) is 25.3 Å². The fourth-order valence-corrected chi connectivity index (χ4v) is 3.63. The van der Waals surface area contributed by atoms with E-state index in [1.54, 1.807) is 0 Å². The summed E-state index contributed by atoms with van der Waals surface area (Å²) in [5.41, 5.74) is 0. The first kappa shape index (κ1) is 13.6. The maximum absolute atomic E-state index is 4.01. The van der Waals surface area contributed by atoms with Gasteiger partial charge in [0.05, 0.1) is 0 Å². The highest BCUT2D eigenvalue weighted by atomic mass is 79.9. The van der Waals surface area contributed by atoms with Crippen LogP contribution in [0.2, 0.25) is 0 Å². The summed E-state index contributed by atoms with van der Waals surface area (Å²) < 4.78 is 1.12. The summed E-state index contributed by atoms with van der Waals surface area (Å²) in [6.07, 6.45) is 4.19. The second kappa shape index (κ2) is 5.85. The molecule has 2 heterocycles. The van der Waals surface area contributed by atoms with Crippen LogP contribution in [0.3, 0.4) is 0 Å². The molecule has 2 aliphatic heterocycles. The molecule has 17 heavy (non-hydrogen) atoms. The van der Waals surface area contributed by atoms with Crippen LogP contribution in [0.1, 0.15) is 33.1 Å². The number of rotatable bonds is 3. The fraction of sp³-hybridized carbons (Fsp3) is 0.857. The lowest BCUT2D eigenvalue weighted by molar-refractivity contribution is -0.00152. The molecule has 0 spiro atoms. The first-order valence-electron chi connectivity index (χ1n) is 6.89. The van der Waals surface area contributed by atoms with Crippen molar-refractivity contribution >= 4 is 15.9 Å². The number of piperazine rings is 1. The van der Waals surface area contributed by atoms with Gasteiger partial charge < -0.3 is 0 Å². The third-order valence-corrected chi connectivity index (χ3v) is 4.48. The molecule has 0 aliphatic carbocycles. The van der Waals surface area contributed by atoms with Crippen molar-refractivity contribution in [1.29, 1.82) is 0 Å². The van der Waals surface area contributed by atoms with Gasteiger partial charge in [0.25, 0.3) is 0 Å². The molecule has 2 rings (SSSR count). The summed E-state index contributed by atoms with van der Waals surface area (Å²) in [6, 6.07) is 1.49. The van der Waals surface area contributed by atoms with Crippen molar-refractivity contribution in [3.63, 3.8) is 0 Å². The molecule has 0 bridgehead atoms. The summed E-state index contributed by atoms with van der Waals surface area (Å²) in [6.45, 7) is 13.5. The van der Waals surface area contributed by atoms with E-state index in [4.69, 9.17) is 0 Å². The molecule has 2 fully saturated rings. The van der Waals surface area contributed by atoms with E-state index >= 15 is 0 Å². The van der Waals surface area contributed by atoms with Crippen LogP contribution in [0.15, 0.2) is 11.1 Å². The smallest absolute Gasteiger partial charge is 0.0298 e. The van der Waals surface area contributed by atoms with Gasteiger partial charge in [0.15, 0.2) is 0 Å². The Labute approximate surface area is 114 Å². The lowest BCUT2D eigenvalue weighted by Gasteiger charge is -2.49. The lowest BCUT2D eigenvalue weighted by Crippen LogP contribution is -2.61. The molecule has 3 heteroatoms. The molecule has 2 atom stereocenters. The van der Waals surface area contributed by atoms with Crippen LogP contribution >= 0.6 is 15.9 Å². The molecule has 0 aromatic heterocycles. The van der Waals surface area contributed by atoms with E-state index in [1.807, 2.05) is 0 Å². The van der Waals surface area contributed by atoms with Crippen LogP contribution in [0.5, 0.6) is 0 Å². The largest absolute Gasteiger partial charge is 0.298 e. The molecule has 0 saturated carbocycles. The van der Waals surface area contributed by atoms with E-state index in [9.17, 15) is 0 Å². The molecular weight excluding hydrogens is 276 g/mol. The van der Waals surface area contributed by atoms with Crippen molar-refractivity contribution in [2.45, 2.75) is 45.2 Å². The Morgan fingerprint density at radius 2 is 2.12 bits per heavy atom. The van der Waals surface area contributed by atoms with E-state index in [0.29, 0.717) is 6.04 Å². The van der Waals surface area contributed by atoms with Crippen molar-refractivity contribution in [1.82, 2.24) is 9.80 Å². The fourth-order valence-electron chi connectivity index (χ4n) is 3.30. The SMILES string of the molecule is C=C(Br)CN1CC2CCCCN2CC1C(C)C. The second-order valence-corrected chi connectivity index (χ2v) is 7.02. The monoisotopic (exact) mass is 300 g/mol. The molecule has 0 aromatic carbocycles. The highest BCUT2D eigenvalue weighted by Gasteiger charge is 2.35. The Kier molecular flexibility index (Phi) is 4.67. The van der Waals surface area contributed by atoms with E-state index < -0.39 is 0 Å². The number of halogens is 1. The molecule has 0 amide bonds. The lowest BCUT2D eigenvalue weighted by atomic mass is 9.92. The zero-order chi connectivity index (χ0) is 12.4. The minimum absolute atomic E-state index is 0.693. The standard InChI is InChI=1S/C14H25BrN2/c1-11(2)14-10-16-7-5-4-6-13(16)9-17(14)8-12(3)15/h11,13-14H,3-10H2,1-2H3. The summed E-state index contributed by atoms with van der Waals surface area (Å²) in [4.78, 5) is 5.36. The van der Waals surface area contributed by atoms with Crippen LogP contribution in [-0.2, 0) is 0 Å². The number of fused-ring (bicyclic) bond motifs is 1. The Bertz CT molecular complexity index is 277. The zero-order valence-electron chi connectivity index (χ0n) is 11.2. The van der Waals surface area contributed by atoms with Gasteiger partial charge in [-0.1, -0.05) is 42.8 Å². The van der Waals surface area contributed by atoms with Crippen molar-refractivity contribution in [2.75, 3.05) is 26.2 Å². The predicted molar refractivity (Wildman–Crippen MR) is 77.5 cm³/mol. The summed E-state index contributed by atoms with van der Waals surface area (Å²) >= 11 is 3.52. The van der Waals surface area contributed by atoms with Gasteiger partial charge in [-0.25, -0.2) is 0 Å². The van der Waals surface area contributed by atoms with Crippen molar-refractivity contribution in [3.05, 3.63) is 11.1 Å². The summed E-state index contributed by atoms with van der Waals surface area (Å²) in [5, 5.41) is 0. The zero-order valence-corrected chi connectivity index (χ0v) is 12.7. The highest BCUT2D eigenvalue weighted by molar-refractivity contribution is 9.11. The molecule has 2 unspecified atom stereocenters. The number of hydrogen-bond donors (Lipinski definition) is 0. The van der Waals surface area contributed by atoms with E-state index in [1.165, 1.54) is 38.9 Å². The maximum Gasteiger partial charge on any atom is 0.0298 e. The number of nitrogens with zero attached hydrogens (tertiary/aromatic N) is 2. The molecule has 2 aliphatic rings. The molecule has 0 N–H and O–H groups in total. The van der Waals surface area contributed by atoms with Crippen LogP contribution in [0, 0.1) is 5.92 Å². The molecule has 2 nitrogen and oxygen atoms in total. The number of piperidine rings is 1. The van der Waals surface area contributed by atoms with E-state index in [2.05, 4.69) is 46.2 Å². The third-order valence-electron chi connectivity index (χ3n) is 4.23. The Morgan fingerprint density at radius 1 is 1.35 bits per heavy atom. The summed E-state index contributed by atoms with van der Waals surface area (Å²) in [7, 11) is 0. The molecule has 0 aromatic rings. The topological polar surface area (TPSA) is 6.48 Å². The number of hydrogen-bond acceptors (Lipinski definition) is 2. The van der Waals surface area contributed by atoms with Crippen molar-refractivity contribution < 1.29 is 0 Å². The first-order valence-corrected chi connectivity index (χ1v) is 7.68. The quantitative estimate of drug-likeness (QED) is 0.790. The van der Waals surface area contributed by atoms with Gasteiger partial charge in [0, 0.05) is 36.2 Å². The Balaban J connectivity index is 2.04. The van der Waals surface area contributed by atoms with Gasteiger partial charge in [0.1, 0.15) is 0 Å². The Hall–Kier alpha value is 0.140. The highest BCUT2D eigenvalue weighted by Crippen LogP contribution is 2.27. The van der Waals surface area contributed by atoms with Crippen LogP contribution < -0.4 is 0 Å². The van der Waals surface area contributed by atoms with Crippen LogP contribution in [0.4, 0.5) is 0 Å². The average molecular weight is 301 g/mol. The molecular formula is C14H25BrN2. The van der Waals surface area contributed by atoms with Gasteiger partial charge in [-0.15, -0.1) is 0 Å². The van der Waals surface area contributed by atoms with Crippen LogP contribution in [-0.4, -0.2) is 48.1 Å².